The molecule has 0 amide bonds. The number of nitrogens with zero attached hydrogens (tertiary/aromatic N) is 3. The van der Waals surface area contributed by atoms with Crippen molar-refractivity contribution in [1.29, 1.82) is 0 Å². The number of nitrogens with one attached hydrogen (secondary N) is 1. The summed E-state index contributed by atoms with van der Waals surface area (Å²) in [6.07, 6.45) is 1.68. The van der Waals surface area contributed by atoms with Crippen molar-refractivity contribution in [2.75, 3.05) is 12.4 Å². The predicted octanol–water partition coefficient (Wildman–Crippen LogP) is 0.766. The van der Waals surface area contributed by atoms with Gasteiger partial charge in [-0.1, -0.05) is 0 Å². The summed E-state index contributed by atoms with van der Waals surface area (Å²) in [5.74, 6) is 1.35. The Balaban J connectivity index is 1.99. The summed E-state index contributed by atoms with van der Waals surface area (Å²) in [4.78, 5) is 4.32. The van der Waals surface area contributed by atoms with Crippen molar-refractivity contribution >= 4 is 10.0 Å². The normalized spacial score (nSPS) is 19.3. The smallest absolute Gasteiger partial charge is 0.214 e. The predicted molar refractivity (Wildman–Crippen MR) is 74.7 cm³/mol. The molecule has 114 valence electrons. The number of aryl methyl sites for hydroxylation is 2. The van der Waals surface area contributed by atoms with Gasteiger partial charge < -0.3 is 4.74 Å². The Kier molecular flexibility index (Phi) is 4.77. The van der Waals surface area contributed by atoms with Crippen molar-refractivity contribution in [3.8, 4) is 0 Å². The molecule has 20 heavy (non-hydrogen) atoms. The molecule has 0 unspecified atom stereocenters. The lowest BCUT2D eigenvalue weighted by Crippen LogP contribution is -2.35. The van der Waals surface area contributed by atoms with Gasteiger partial charge in [0.2, 0.25) is 10.0 Å². The Labute approximate surface area is 119 Å². The Morgan fingerprint density at radius 1 is 1.50 bits per heavy atom. The Bertz CT molecular complexity index is 553. The highest BCUT2D eigenvalue weighted by Gasteiger charge is 2.27. The number of fused-ring (bicyclic) bond motifs is 1. The lowest BCUT2D eigenvalue weighted by molar-refractivity contribution is 0.0911. The SMILES string of the molecule is Cc1nc2n(n1)CCC[C@@H]2NS(=O)(=O)CCOC(C)C. The van der Waals surface area contributed by atoms with E-state index in [1.807, 2.05) is 20.8 Å². The lowest BCUT2D eigenvalue weighted by Gasteiger charge is -2.23. The number of aromatic nitrogens is 3. The van der Waals surface area contributed by atoms with Crippen LogP contribution >= 0.6 is 0 Å². The number of rotatable bonds is 6. The summed E-state index contributed by atoms with van der Waals surface area (Å²) in [7, 11) is -3.37. The molecule has 0 aromatic carbocycles. The first-order chi connectivity index (χ1) is 9.37. The molecule has 1 atom stereocenters. The average molecular weight is 302 g/mol. The van der Waals surface area contributed by atoms with Crippen LogP contribution < -0.4 is 4.72 Å². The molecule has 8 heteroatoms. The summed E-state index contributed by atoms with van der Waals surface area (Å²) in [5.41, 5.74) is 0. The summed E-state index contributed by atoms with van der Waals surface area (Å²) in [6.45, 7) is 6.57. The van der Waals surface area contributed by atoms with Gasteiger partial charge in [0.25, 0.3) is 0 Å². The second-order valence-electron chi connectivity index (χ2n) is 5.29. The molecule has 7 nitrogen and oxygen atoms in total. The van der Waals surface area contributed by atoms with E-state index < -0.39 is 10.0 Å². The third-order valence-corrected chi connectivity index (χ3v) is 4.45. The quantitative estimate of drug-likeness (QED) is 0.838. The minimum Gasteiger partial charge on any atom is -0.378 e. The van der Waals surface area contributed by atoms with Crippen LogP contribution in [-0.4, -0.2) is 41.6 Å². The van der Waals surface area contributed by atoms with E-state index >= 15 is 0 Å². The van der Waals surface area contributed by atoms with E-state index in [1.165, 1.54) is 0 Å². The van der Waals surface area contributed by atoms with E-state index in [-0.39, 0.29) is 24.5 Å². The minimum absolute atomic E-state index is 0.0329. The minimum atomic E-state index is -3.37. The van der Waals surface area contributed by atoms with Crippen molar-refractivity contribution in [1.82, 2.24) is 19.5 Å². The Morgan fingerprint density at radius 2 is 2.25 bits per heavy atom. The highest BCUT2D eigenvalue weighted by molar-refractivity contribution is 7.89. The van der Waals surface area contributed by atoms with E-state index in [2.05, 4.69) is 14.8 Å². The van der Waals surface area contributed by atoms with Crippen LogP contribution in [-0.2, 0) is 21.3 Å². The molecule has 0 saturated heterocycles. The molecule has 1 aromatic heterocycles. The molecule has 0 fully saturated rings. The van der Waals surface area contributed by atoms with E-state index in [9.17, 15) is 8.42 Å². The molecular weight excluding hydrogens is 280 g/mol. The van der Waals surface area contributed by atoms with E-state index in [0.29, 0.717) is 11.6 Å². The van der Waals surface area contributed by atoms with Crippen LogP contribution in [0.4, 0.5) is 0 Å². The molecule has 0 aliphatic carbocycles. The molecule has 2 rings (SSSR count). The zero-order chi connectivity index (χ0) is 14.8. The highest BCUT2D eigenvalue weighted by Crippen LogP contribution is 2.23. The highest BCUT2D eigenvalue weighted by atomic mass is 32.2. The number of hydrogen-bond acceptors (Lipinski definition) is 5. The van der Waals surface area contributed by atoms with Gasteiger partial charge >= 0.3 is 0 Å². The zero-order valence-electron chi connectivity index (χ0n) is 12.2. The summed E-state index contributed by atoms with van der Waals surface area (Å²) < 4.78 is 33.9. The van der Waals surface area contributed by atoms with Crippen LogP contribution in [0, 0.1) is 6.92 Å². The van der Waals surface area contributed by atoms with Crippen LogP contribution in [0.1, 0.15) is 44.4 Å². The Hall–Kier alpha value is -0.990. The largest absolute Gasteiger partial charge is 0.378 e. The molecule has 0 spiro atoms. The molecule has 2 heterocycles. The maximum absolute atomic E-state index is 12.0. The second-order valence-corrected chi connectivity index (χ2v) is 7.16. The van der Waals surface area contributed by atoms with Gasteiger partial charge in [-0.05, 0) is 33.6 Å². The van der Waals surface area contributed by atoms with Crippen molar-refractivity contribution in [2.24, 2.45) is 0 Å². The molecule has 0 bridgehead atoms. The van der Waals surface area contributed by atoms with Gasteiger partial charge in [-0.25, -0.2) is 22.8 Å². The fourth-order valence-electron chi connectivity index (χ4n) is 2.25. The van der Waals surface area contributed by atoms with Crippen molar-refractivity contribution in [2.45, 2.75) is 52.3 Å². The Morgan fingerprint density at radius 3 is 2.95 bits per heavy atom. The molecule has 0 radical (unpaired) electrons. The molecule has 1 N–H and O–H groups in total. The van der Waals surface area contributed by atoms with Gasteiger partial charge in [0, 0.05) is 6.54 Å². The van der Waals surface area contributed by atoms with Crippen molar-refractivity contribution in [3.05, 3.63) is 11.6 Å². The summed E-state index contributed by atoms with van der Waals surface area (Å²) in [6, 6.07) is -0.283. The van der Waals surface area contributed by atoms with Gasteiger partial charge in [0.1, 0.15) is 11.6 Å². The van der Waals surface area contributed by atoms with Crippen molar-refractivity contribution < 1.29 is 13.2 Å². The van der Waals surface area contributed by atoms with Gasteiger partial charge in [-0.2, -0.15) is 5.10 Å². The number of hydrogen-bond donors (Lipinski definition) is 1. The van der Waals surface area contributed by atoms with Gasteiger partial charge in [-0.15, -0.1) is 0 Å². The number of sulfonamides is 1. The van der Waals surface area contributed by atoms with Crippen molar-refractivity contribution in [3.63, 3.8) is 0 Å². The fraction of sp³-hybridized carbons (Fsp3) is 0.833. The zero-order valence-corrected chi connectivity index (χ0v) is 13.0. The van der Waals surface area contributed by atoms with Crippen LogP contribution in [0.5, 0.6) is 0 Å². The number of ether oxygens (including phenoxy) is 1. The molecule has 1 aliphatic rings. The third kappa shape index (κ3) is 4.00. The fourth-order valence-corrected chi connectivity index (χ4v) is 3.34. The van der Waals surface area contributed by atoms with E-state index in [4.69, 9.17) is 4.74 Å². The topological polar surface area (TPSA) is 86.1 Å². The standard InChI is InChI=1S/C12H22N4O3S/c1-9(2)19-7-8-20(17,18)15-11-5-4-6-16-12(11)13-10(3)14-16/h9,11,15H,4-8H2,1-3H3/t11-/m0/s1. The maximum Gasteiger partial charge on any atom is 0.214 e. The maximum atomic E-state index is 12.0. The first-order valence-electron chi connectivity index (χ1n) is 6.90. The third-order valence-electron chi connectivity index (χ3n) is 3.11. The van der Waals surface area contributed by atoms with Gasteiger partial charge in [-0.3, -0.25) is 0 Å². The van der Waals surface area contributed by atoms with Crippen LogP contribution in [0.15, 0.2) is 0 Å². The molecule has 1 aliphatic heterocycles. The molecule has 0 saturated carbocycles. The van der Waals surface area contributed by atoms with E-state index in [0.717, 1.165) is 19.4 Å². The lowest BCUT2D eigenvalue weighted by atomic mass is 10.1. The van der Waals surface area contributed by atoms with Gasteiger partial charge in [0.05, 0.1) is 24.5 Å². The molecular formula is C12H22N4O3S. The van der Waals surface area contributed by atoms with E-state index in [1.54, 1.807) is 4.68 Å². The first-order valence-corrected chi connectivity index (χ1v) is 8.55. The molecule has 1 aromatic rings. The van der Waals surface area contributed by atoms with Gasteiger partial charge in [0.15, 0.2) is 0 Å². The first kappa shape index (κ1) is 15.4. The summed E-state index contributed by atoms with van der Waals surface area (Å²) in [5, 5.41) is 4.26. The van der Waals surface area contributed by atoms with Crippen LogP contribution in [0.25, 0.3) is 0 Å². The summed E-state index contributed by atoms with van der Waals surface area (Å²) >= 11 is 0. The average Bonchev–Trinajstić information content (AvgIpc) is 2.69. The monoisotopic (exact) mass is 302 g/mol. The van der Waals surface area contributed by atoms with Crippen LogP contribution in [0.3, 0.4) is 0 Å². The van der Waals surface area contributed by atoms with Crippen LogP contribution in [0.2, 0.25) is 0 Å². The second kappa shape index (κ2) is 6.19.